The molecule has 0 aliphatic heterocycles. The lowest BCUT2D eigenvalue weighted by Crippen LogP contribution is -2.14. The number of anilines is 1. The molecule has 2 aromatic carbocycles. The standard InChI is InChI=1S/C22H18N4O4/c1-29-19-8-7-14(11-20(19)30-2)18-9-10-23-21-12-17(25-26(18)21)22(28)24-16-6-4-3-5-15(16)13-27/h3-13H,1-2H3,(H,24,28). The Morgan fingerprint density at radius 3 is 2.60 bits per heavy atom. The van der Waals surface area contributed by atoms with E-state index >= 15 is 0 Å². The maximum Gasteiger partial charge on any atom is 0.276 e. The molecule has 1 N–H and O–H groups in total. The van der Waals surface area contributed by atoms with Gasteiger partial charge in [-0.15, -0.1) is 0 Å². The van der Waals surface area contributed by atoms with E-state index < -0.39 is 5.91 Å². The van der Waals surface area contributed by atoms with E-state index in [9.17, 15) is 9.59 Å². The number of amides is 1. The van der Waals surface area contributed by atoms with Crippen LogP contribution in [0.15, 0.2) is 60.8 Å². The zero-order chi connectivity index (χ0) is 21.1. The van der Waals surface area contributed by atoms with Gasteiger partial charge in [0.25, 0.3) is 5.91 Å². The molecule has 1 amide bonds. The molecule has 2 aromatic heterocycles. The first-order valence-corrected chi connectivity index (χ1v) is 9.07. The number of benzene rings is 2. The molecule has 0 radical (unpaired) electrons. The molecule has 30 heavy (non-hydrogen) atoms. The fourth-order valence-corrected chi connectivity index (χ4v) is 3.12. The Morgan fingerprint density at radius 2 is 1.83 bits per heavy atom. The van der Waals surface area contributed by atoms with E-state index in [-0.39, 0.29) is 5.69 Å². The number of fused-ring (bicyclic) bond motifs is 1. The topological polar surface area (TPSA) is 94.8 Å². The van der Waals surface area contributed by atoms with Crippen molar-refractivity contribution in [3.05, 3.63) is 72.1 Å². The summed E-state index contributed by atoms with van der Waals surface area (Å²) in [7, 11) is 3.14. The van der Waals surface area contributed by atoms with E-state index in [1.165, 1.54) is 0 Å². The second-order valence-corrected chi connectivity index (χ2v) is 6.36. The number of ether oxygens (including phenoxy) is 2. The number of nitrogens with zero attached hydrogens (tertiary/aromatic N) is 3. The fraction of sp³-hybridized carbons (Fsp3) is 0.0909. The second-order valence-electron chi connectivity index (χ2n) is 6.36. The molecule has 150 valence electrons. The van der Waals surface area contributed by atoms with Crippen molar-refractivity contribution >= 4 is 23.5 Å². The van der Waals surface area contributed by atoms with Gasteiger partial charge in [-0.3, -0.25) is 9.59 Å². The predicted octanol–water partition coefficient (Wildman–Crippen LogP) is 3.48. The van der Waals surface area contributed by atoms with Crippen LogP contribution < -0.4 is 14.8 Å². The molecule has 0 spiro atoms. The van der Waals surface area contributed by atoms with E-state index in [1.54, 1.807) is 67.4 Å². The monoisotopic (exact) mass is 402 g/mol. The van der Waals surface area contributed by atoms with Crippen LogP contribution >= 0.6 is 0 Å². The van der Waals surface area contributed by atoms with Gasteiger partial charge in [0.15, 0.2) is 29.1 Å². The van der Waals surface area contributed by atoms with Crippen molar-refractivity contribution in [3.8, 4) is 22.8 Å². The van der Waals surface area contributed by atoms with Crippen LogP contribution in [0.5, 0.6) is 11.5 Å². The van der Waals surface area contributed by atoms with E-state index in [1.807, 2.05) is 12.1 Å². The van der Waals surface area contributed by atoms with Gasteiger partial charge in [-0.1, -0.05) is 12.1 Å². The highest BCUT2D eigenvalue weighted by molar-refractivity contribution is 6.05. The lowest BCUT2D eigenvalue weighted by molar-refractivity contribution is 0.102. The molecule has 0 atom stereocenters. The van der Waals surface area contributed by atoms with Crippen LogP contribution in [-0.2, 0) is 0 Å². The Balaban J connectivity index is 1.72. The highest BCUT2D eigenvalue weighted by Crippen LogP contribution is 2.32. The third-order valence-electron chi connectivity index (χ3n) is 4.61. The lowest BCUT2D eigenvalue weighted by atomic mass is 10.1. The van der Waals surface area contributed by atoms with Gasteiger partial charge in [0.2, 0.25) is 0 Å². The summed E-state index contributed by atoms with van der Waals surface area (Å²) in [5.74, 6) is 0.754. The van der Waals surface area contributed by atoms with Crippen molar-refractivity contribution in [2.24, 2.45) is 0 Å². The Kier molecular flexibility index (Phi) is 5.13. The van der Waals surface area contributed by atoms with Gasteiger partial charge in [-0.25, -0.2) is 9.50 Å². The minimum Gasteiger partial charge on any atom is -0.493 e. The number of methoxy groups -OCH3 is 2. The summed E-state index contributed by atoms with van der Waals surface area (Å²) in [6.07, 6.45) is 2.34. The van der Waals surface area contributed by atoms with Crippen molar-refractivity contribution in [1.82, 2.24) is 14.6 Å². The van der Waals surface area contributed by atoms with E-state index in [2.05, 4.69) is 15.4 Å². The number of aromatic nitrogens is 3. The first kappa shape index (κ1) is 19.1. The number of aldehydes is 1. The van der Waals surface area contributed by atoms with Gasteiger partial charge in [0, 0.05) is 23.4 Å². The first-order valence-electron chi connectivity index (χ1n) is 9.07. The minimum atomic E-state index is -0.437. The third kappa shape index (κ3) is 3.46. The molecule has 0 aliphatic rings. The Hall–Kier alpha value is -4.20. The molecule has 0 aliphatic carbocycles. The van der Waals surface area contributed by atoms with Crippen LogP contribution in [0.2, 0.25) is 0 Å². The first-order chi connectivity index (χ1) is 14.6. The third-order valence-corrected chi connectivity index (χ3v) is 4.61. The van der Waals surface area contributed by atoms with Crippen molar-refractivity contribution in [3.63, 3.8) is 0 Å². The Morgan fingerprint density at radius 1 is 1.03 bits per heavy atom. The highest BCUT2D eigenvalue weighted by Gasteiger charge is 2.16. The minimum absolute atomic E-state index is 0.177. The van der Waals surface area contributed by atoms with Gasteiger partial charge in [-0.05, 0) is 36.4 Å². The Labute approximate surface area is 172 Å². The highest BCUT2D eigenvalue weighted by atomic mass is 16.5. The average Bonchev–Trinajstić information content (AvgIpc) is 3.23. The summed E-state index contributed by atoms with van der Waals surface area (Å²) < 4.78 is 12.3. The normalized spacial score (nSPS) is 10.6. The van der Waals surface area contributed by atoms with Crippen LogP contribution in [0.1, 0.15) is 20.8 Å². The van der Waals surface area contributed by atoms with Crippen molar-refractivity contribution in [1.29, 1.82) is 0 Å². The van der Waals surface area contributed by atoms with Crippen molar-refractivity contribution < 1.29 is 19.1 Å². The van der Waals surface area contributed by atoms with Crippen LogP contribution in [0.25, 0.3) is 16.9 Å². The number of carbonyl (C=O) groups excluding carboxylic acids is 2. The molecule has 0 fully saturated rings. The smallest absolute Gasteiger partial charge is 0.276 e. The summed E-state index contributed by atoms with van der Waals surface area (Å²) in [4.78, 5) is 28.2. The van der Waals surface area contributed by atoms with E-state index in [0.717, 1.165) is 11.3 Å². The van der Waals surface area contributed by atoms with Crippen molar-refractivity contribution in [2.45, 2.75) is 0 Å². The summed E-state index contributed by atoms with van der Waals surface area (Å²) in [6.45, 7) is 0. The van der Waals surface area contributed by atoms with Gasteiger partial charge >= 0.3 is 0 Å². The molecule has 8 heteroatoms. The summed E-state index contributed by atoms with van der Waals surface area (Å²) in [6, 6.07) is 15.6. The number of hydrogen-bond donors (Lipinski definition) is 1. The molecular formula is C22H18N4O4. The zero-order valence-corrected chi connectivity index (χ0v) is 16.3. The number of rotatable bonds is 6. The molecule has 4 rings (SSSR count). The Bertz CT molecular complexity index is 1250. The molecule has 0 saturated heterocycles. The van der Waals surface area contributed by atoms with Crippen LogP contribution in [0.4, 0.5) is 5.69 Å². The van der Waals surface area contributed by atoms with E-state index in [4.69, 9.17) is 9.47 Å². The maximum atomic E-state index is 12.7. The molecule has 4 aromatic rings. The largest absolute Gasteiger partial charge is 0.493 e. The van der Waals surface area contributed by atoms with Gasteiger partial charge in [0.1, 0.15) is 0 Å². The molecule has 0 saturated carbocycles. The van der Waals surface area contributed by atoms with Gasteiger partial charge in [-0.2, -0.15) is 5.10 Å². The SMILES string of the molecule is COc1ccc(-c2ccnc3cc(C(=O)Nc4ccccc4C=O)nn23)cc1OC. The molecule has 8 nitrogen and oxygen atoms in total. The van der Waals surface area contributed by atoms with E-state index in [0.29, 0.717) is 34.7 Å². The molecule has 0 unspecified atom stereocenters. The molecule has 0 bridgehead atoms. The number of nitrogens with one attached hydrogen (secondary N) is 1. The second kappa shape index (κ2) is 8.04. The number of hydrogen-bond acceptors (Lipinski definition) is 6. The molecule has 2 heterocycles. The summed E-state index contributed by atoms with van der Waals surface area (Å²) in [5, 5.41) is 7.14. The zero-order valence-electron chi connectivity index (χ0n) is 16.3. The van der Waals surface area contributed by atoms with Gasteiger partial charge < -0.3 is 14.8 Å². The van der Waals surface area contributed by atoms with Crippen molar-refractivity contribution in [2.75, 3.05) is 19.5 Å². The van der Waals surface area contributed by atoms with Crippen LogP contribution in [0, 0.1) is 0 Å². The summed E-state index contributed by atoms with van der Waals surface area (Å²) >= 11 is 0. The number of para-hydroxylation sites is 1. The number of carbonyl (C=O) groups is 2. The van der Waals surface area contributed by atoms with Gasteiger partial charge in [0.05, 0.1) is 25.6 Å². The lowest BCUT2D eigenvalue weighted by Gasteiger charge is -2.10. The van der Waals surface area contributed by atoms with Crippen LogP contribution in [0.3, 0.4) is 0 Å². The fourth-order valence-electron chi connectivity index (χ4n) is 3.12. The maximum absolute atomic E-state index is 12.7. The van der Waals surface area contributed by atoms with Crippen LogP contribution in [-0.4, -0.2) is 41.0 Å². The predicted molar refractivity (Wildman–Crippen MR) is 111 cm³/mol. The summed E-state index contributed by atoms with van der Waals surface area (Å²) in [5.41, 5.74) is 3.04. The quantitative estimate of drug-likeness (QED) is 0.496. The molecular weight excluding hydrogens is 384 g/mol. The average molecular weight is 402 g/mol.